The van der Waals surface area contributed by atoms with Gasteiger partial charge in [0.05, 0.1) is 0 Å². The van der Waals surface area contributed by atoms with Crippen molar-refractivity contribution in [3.05, 3.63) is 0 Å². The summed E-state index contributed by atoms with van der Waals surface area (Å²) in [4.78, 5) is 0. The van der Waals surface area contributed by atoms with Gasteiger partial charge in [0, 0.05) is 78.7 Å². The first-order chi connectivity index (χ1) is 0. The summed E-state index contributed by atoms with van der Waals surface area (Å²) in [5, 5.41) is 0. The molecule has 4 heavy (non-hydrogen) atoms. The number of rotatable bonds is 0. The third kappa shape index (κ3) is 8.82. The van der Waals surface area contributed by atoms with Crippen LogP contribution >= 0.6 is 0 Å². The van der Waals surface area contributed by atoms with E-state index >= 15 is 0 Å². The van der Waals surface area contributed by atoms with Gasteiger partial charge in [0.15, 0.2) is 0 Å². The first-order valence-corrected chi connectivity index (χ1v) is 0. The van der Waals surface area contributed by atoms with Gasteiger partial charge in [-0.3, -0.25) is 0 Å². The molecule has 0 bridgehead atoms. The molecule has 1 radical (unpaired) electrons. The van der Waals surface area contributed by atoms with Crippen LogP contribution in [0.5, 0.6) is 0 Å². The molecule has 0 nitrogen and oxygen atoms in total. The summed E-state index contributed by atoms with van der Waals surface area (Å²) in [5.41, 5.74) is 0. The summed E-state index contributed by atoms with van der Waals surface area (Å²) in [6, 6.07) is 0. The van der Waals surface area contributed by atoms with Gasteiger partial charge in [-0.15, -0.1) is 0 Å². The first kappa shape index (κ1) is 31.3. The Balaban J connectivity index is 0. The molecule has 0 aromatic heterocycles. The Kier molecular flexibility index (Phi) is 139. The Morgan fingerprint density at radius 3 is 1.00 bits per heavy atom. The Bertz CT molecular complexity index is 8.00. The van der Waals surface area contributed by atoms with E-state index in [4.69, 9.17) is 0 Å². The van der Waals surface area contributed by atoms with Crippen molar-refractivity contribution in [3.63, 3.8) is 0 Å². The van der Waals surface area contributed by atoms with E-state index in [0.717, 1.165) is 0 Å². The number of hydrogen-bond acceptors (Lipinski definition) is 0. The van der Waals surface area contributed by atoms with Crippen LogP contribution in [0.2, 0.25) is 0 Å². The molecular weight excluding hydrogens is 436 g/mol. The third-order valence-corrected chi connectivity index (χ3v) is 0. The molecule has 0 aliphatic heterocycles. The van der Waals surface area contributed by atoms with Crippen LogP contribution in [-0.2, 0) is 78.7 Å². The van der Waals surface area contributed by atoms with Crippen LogP contribution in [0.1, 0.15) is 0 Å². The smallest absolute Gasteiger partial charge is 0 e. The summed E-state index contributed by atoms with van der Waals surface area (Å²) >= 11 is 0. The molecule has 0 atom stereocenters. The topological polar surface area (TPSA) is 0 Å². The molecule has 0 saturated carbocycles. The second kappa shape index (κ2) is 17.8. The summed E-state index contributed by atoms with van der Waals surface area (Å²) in [6.07, 6.45) is 0. The van der Waals surface area contributed by atoms with E-state index in [9.17, 15) is 0 Å². The van der Waals surface area contributed by atoms with E-state index in [1.807, 2.05) is 0 Å². The molecule has 0 rings (SSSR count). The molecule has 0 N–H and O–H groups in total. The fraction of sp³-hybridized carbons (Fsp3) is 0. The van der Waals surface area contributed by atoms with E-state index in [-0.39, 0.29) is 78.7 Å². The second-order valence-electron chi connectivity index (χ2n) is 0. The molecule has 0 amide bonds. The zero-order chi connectivity index (χ0) is 0. The fourth-order valence-corrected chi connectivity index (χ4v) is 0. The van der Waals surface area contributed by atoms with Crippen LogP contribution in [0.25, 0.3) is 0 Å². The summed E-state index contributed by atoms with van der Waals surface area (Å²) in [6.45, 7) is 0. The Morgan fingerprint density at radius 2 is 1.00 bits per heavy atom. The van der Waals surface area contributed by atoms with Gasteiger partial charge < -0.3 is 0 Å². The van der Waals surface area contributed by atoms with Crippen LogP contribution in [0.15, 0.2) is 0 Å². The molecule has 4 heteroatoms. The van der Waals surface area contributed by atoms with E-state index in [2.05, 4.69) is 0 Å². The van der Waals surface area contributed by atoms with Crippen LogP contribution < -0.4 is 0 Å². The molecule has 0 unspecified atom stereocenters. The van der Waals surface area contributed by atoms with Gasteiger partial charge in [-0.05, 0) is 0 Å². The molecule has 0 aliphatic carbocycles. The van der Waals surface area contributed by atoms with Gasteiger partial charge in [0.25, 0.3) is 0 Å². The monoisotopic (exact) mass is 437 g/mol. The van der Waals surface area contributed by atoms with E-state index in [1.165, 1.54) is 0 Å². The minimum atomic E-state index is 0. The molecule has 0 aromatic rings. The Morgan fingerprint density at radius 1 is 1.00 bits per heavy atom. The van der Waals surface area contributed by atoms with Gasteiger partial charge in [-0.1, -0.05) is 0 Å². The van der Waals surface area contributed by atoms with Crippen LogP contribution in [0.4, 0.5) is 0 Å². The third-order valence-electron chi connectivity index (χ3n) is 0. The van der Waals surface area contributed by atoms with Gasteiger partial charge in [0.2, 0.25) is 0 Å². The van der Waals surface area contributed by atoms with Crippen molar-refractivity contribution in [1.29, 1.82) is 0 Å². The Labute approximate surface area is 77.7 Å². The van der Waals surface area contributed by atoms with Crippen molar-refractivity contribution in [1.82, 2.24) is 0 Å². The van der Waals surface area contributed by atoms with Crippen molar-refractivity contribution in [2.45, 2.75) is 0 Å². The van der Waals surface area contributed by atoms with E-state index in [1.54, 1.807) is 0 Å². The maximum atomic E-state index is 0. The summed E-state index contributed by atoms with van der Waals surface area (Å²) in [7, 11) is 0. The SMILES string of the molecule is [Mo].[Ni].[Tc].[W]. The standard InChI is InChI=1S/Mo.Ni.Tc.W. The van der Waals surface area contributed by atoms with Gasteiger partial charge in [0.1, 0.15) is 0 Å². The molecule has 0 aromatic carbocycles. The minimum absolute atomic E-state index is 0. The zero-order valence-corrected chi connectivity index (χ0v) is 9.30. The normalized spacial score (nSPS) is 0. The van der Waals surface area contributed by atoms with Crippen molar-refractivity contribution >= 4 is 0 Å². The summed E-state index contributed by atoms with van der Waals surface area (Å²) in [5.74, 6) is 0. The molecule has 29 valence electrons. The van der Waals surface area contributed by atoms with Crippen molar-refractivity contribution in [2.75, 3.05) is 0 Å². The number of hydrogen-bond donors (Lipinski definition) is 0. The van der Waals surface area contributed by atoms with Crippen LogP contribution in [-0.4, -0.2) is 0 Å². The predicted molar refractivity (Wildman–Crippen MR) is 0 cm³/mol. The van der Waals surface area contributed by atoms with Crippen LogP contribution in [0, 0.1) is 0 Å². The maximum Gasteiger partial charge on any atom is 0 e. The molecule has 0 spiro atoms. The zero-order valence-electron chi connectivity index (χ0n) is 1.51. The molecule has 0 heterocycles. The predicted octanol–water partition coefficient (Wildman–Crippen LogP) is -0.0100. The van der Waals surface area contributed by atoms with Gasteiger partial charge >= 0.3 is 0 Å². The van der Waals surface area contributed by atoms with Crippen molar-refractivity contribution < 1.29 is 78.7 Å². The molecular formula is MoNiTcW. The van der Waals surface area contributed by atoms with Gasteiger partial charge in [-0.25, -0.2) is 0 Å². The van der Waals surface area contributed by atoms with E-state index in [0.29, 0.717) is 0 Å². The van der Waals surface area contributed by atoms with Gasteiger partial charge in [-0.2, -0.15) is 0 Å². The van der Waals surface area contributed by atoms with Crippen molar-refractivity contribution in [2.24, 2.45) is 0 Å². The first-order valence-electron chi connectivity index (χ1n) is 0. The average molecular weight is 436 g/mol. The average Bonchev–Trinajstić information content (AvgIpc) is 0. The summed E-state index contributed by atoms with van der Waals surface area (Å²) < 4.78 is 0. The molecule has 0 fully saturated rings. The second-order valence-corrected chi connectivity index (χ2v) is 0. The minimum Gasteiger partial charge on any atom is 0 e. The molecule has 0 aliphatic rings. The maximum absolute atomic E-state index is 0. The fourth-order valence-electron chi connectivity index (χ4n) is 0. The largest absolute Gasteiger partial charge is 0 e. The quantitative estimate of drug-likeness (QED) is 0.469. The Hall–Kier alpha value is 2.52. The van der Waals surface area contributed by atoms with Crippen LogP contribution in [0.3, 0.4) is 0 Å². The van der Waals surface area contributed by atoms with E-state index < -0.39 is 0 Å². The molecule has 0 saturated heterocycles. The van der Waals surface area contributed by atoms with Crippen molar-refractivity contribution in [3.8, 4) is 0 Å².